The lowest BCUT2D eigenvalue weighted by Crippen LogP contribution is -2.40. The van der Waals surface area contributed by atoms with Crippen molar-refractivity contribution in [2.75, 3.05) is 5.32 Å². The van der Waals surface area contributed by atoms with E-state index >= 15 is 0 Å². The molecule has 0 aromatic heterocycles. The highest BCUT2D eigenvalue weighted by molar-refractivity contribution is 7.90. The molecule has 1 aliphatic heterocycles. The predicted molar refractivity (Wildman–Crippen MR) is 117 cm³/mol. The van der Waals surface area contributed by atoms with Gasteiger partial charge in [-0.15, -0.1) is 0 Å². The summed E-state index contributed by atoms with van der Waals surface area (Å²) in [5.41, 5.74) is 7.86. The van der Waals surface area contributed by atoms with Gasteiger partial charge in [0.1, 0.15) is 16.3 Å². The third-order valence-electron chi connectivity index (χ3n) is 4.46. The van der Waals surface area contributed by atoms with Crippen LogP contribution < -0.4 is 20.5 Å². The number of sulfonamides is 1. The van der Waals surface area contributed by atoms with E-state index in [1.165, 1.54) is 6.07 Å². The minimum Gasteiger partial charge on any atom is -0.454 e. The van der Waals surface area contributed by atoms with E-state index in [1.54, 1.807) is 36.4 Å². The van der Waals surface area contributed by atoms with Gasteiger partial charge >= 0.3 is 0 Å². The van der Waals surface area contributed by atoms with Crippen LogP contribution in [0.15, 0.2) is 76.6 Å². The molecule has 7 nitrogen and oxygen atoms in total. The molecule has 0 spiro atoms. The lowest BCUT2D eigenvalue weighted by Gasteiger charge is -2.23. The van der Waals surface area contributed by atoms with Crippen LogP contribution in [0, 0.1) is 0 Å². The molecule has 154 valence electrons. The Bertz CT molecular complexity index is 1230. The first-order valence-electron chi connectivity index (χ1n) is 9.14. The van der Waals surface area contributed by atoms with Gasteiger partial charge in [0, 0.05) is 6.54 Å². The van der Waals surface area contributed by atoms with E-state index in [2.05, 4.69) is 15.0 Å². The van der Waals surface area contributed by atoms with Crippen LogP contribution >= 0.6 is 11.6 Å². The first-order chi connectivity index (χ1) is 14.5. The van der Waals surface area contributed by atoms with E-state index in [0.717, 1.165) is 11.1 Å². The minimum absolute atomic E-state index is 0.0659. The van der Waals surface area contributed by atoms with Crippen molar-refractivity contribution in [3.05, 3.63) is 82.9 Å². The predicted octanol–water partition coefficient (Wildman–Crippen LogP) is 3.85. The Balaban J connectivity index is 1.66. The van der Waals surface area contributed by atoms with Gasteiger partial charge in [0.15, 0.2) is 5.75 Å². The number of nitrogens with two attached hydrogens (primary N) is 1. The molecule has 3 aromatic rings. The molecule has 0 radical (unpaired) electrons. The minimum atomic E-state index is -3.81. The second-order valence-corrected chi connectivity index (χ2v) is 8.64. The summed E-state index contributed by atoms with van der Waals surface area (Å²) in [7, 11) is -3.81. The fraction of sp³-hybridized carbons (Fsp3) is 0.0952. The number of hydrogen-bond acceptors (Lipinski definition) is 5. The quantitative estimate of drug-likeness (QED) is 0.556. The van der Waals surface area contributed by atoms with Crippen molar-refractivity contribution in [2.45, 2.75) is 18.0 Å². The number of para-hydroxylation sites is 2. The Morgan fingerprint density at radius 2 is 1.70 bits per heavy atom. The van der Waals surface area contributed by atoms with Gasteiger partial charge in [-0.05, 0) is 35.4 Å². The van der Waals surface area contributed by atoms with Crippen molar-refractivity contribution < 1.29 is 13.2 Å². The van der Waals surface area contributed by atoms with Crippen LogP contribution in [0.5, 0.6) is 11.5 Å². The summed E-state index contributed by atoms with van der Waals surface area (Å²) >= 11 is 6.18. The molecule has 0 amide bonds. The van der Waals surface area contributed by atoms with Crippen LogP contribution in [0.2, 0.25) is 5.02 Å². The van der Waals surface area contributed by atoms with Gasteiger partial charge in [0.2, 0.25) is 5.96 Å². The molecule has 4 N–H and O–H groups in total. The van der Waals surface area contributed by atoms with E-state index in [9.17, 15) is 8.42 Å². The zero-order valence-electron chi connectivity index (χ0n) is 15.8. The van der Waals surface area contributed by atoms with E-state index in [4.69, 9.17) is 22.1 Å². The number of hydrogen-bond donors (Lipinski definition) is 3. The van der Waals surface area contributed by atoms with E-state index in [0.29, 0.717) is 28.8 Å². The van der Waals surface area contributed by atoms with Crippen LogP contribution in [0.4, 0.5) is 5.69 Å². The largest absolute Gasteiger partial charge is 0.454 e. The number of ether oxygens (including phenoxy) is 1. The zero-order chi connectivity index (χ0) is 21.1. The summed E-state index contributed by atoms with van der Waals surface area (Å²) in [6, 6.07) is 19.4. The van der Waals surface area contributed by atoms with E-state index in [1.807, 2.05) is 24.3 Å². The molecule has 3 aromatic carbocycles. The summed E-state index contributed by atoms with van der Waals surface area (Å²) in [6.45, 7) is 0.701. The van der Waals surface area contributed by atoms with Crippen molar-refractivity contribution in [1.29, 1.82) is 0 Å². The Morgan fingerprint density at radius 1 is 0.967 bits per heavy atom. The summed E-state index contributed by atoms with van der Waals surface area (Å²) in [4.78, 5) is 4.45. The highest BCUT2D eigenvalue weighted by atomic mass is 35.5. The van der Waals surface area contributed by atoms with Crippen molar-refractivity contribution in [2.24, 2.45) is 10.7 Å². The molecule has 0 saturated carbocycles. The zero-order valence-corrected chi connectivity index (χ0v) is 17.4. The van der Waals surface area contributed by atoms with Crippen LogP contribution in [0.3, 0.4) is 0 Å². The molecule has 9 heteroatoms. The van der Waals surface area contributed by atoms with Crippen LogP contribution in [0.1, 0.15) is 11.1 Å². The van der Waals surface area contributed by atoms with Crippen molar-refractivity contribution in [3.63, 3.8) is 0 Å². The number of nitrogens with one attached hydrogen (secondary N) is 2. The van der Waals surface area contributed by atoms with Crippen molar-refractivity contribution in [3.8, 4) is 11.5 Å². The molecule has 1 aliphatic rings. The van der Waals surface area contributed by atoms with Gasteiger partial charge in [-0.1, -0.05) is 54.1 Å². The first-order valence-corrected chi connectivity index (χ1v) is 11.0. The van der Waals surface area contributed by atoms with Gasteiger partial charge < -0.3 is 15.8 Å². The van der Waals surface area contributed by atoms with Gasteiger partial charge in [-0.3, -0.25) is 0 Å². The summed E-state index contributed by atoms with van der Waals surface area (Å²) < 4.78 is 33.8. The van der Waals surface area contributed by atoms with Crippen molar-refractivity contribution >= 4 is 33.3 Å². The summed E-state index contributed by atoms with van der Waals surface area (Å²) in [6.07, 6.45) is 0. The fourth-order valence-corrected chi connectivity index (χ4v) is 4.34. The monoisotopic (exact) mass is 442 g/mol. The van der Waals surface area contributed by atoms with Crippen LogP contribution in [-0.4, -0.2) is 14.4 Å². The standard InChI is InChI=1S/C21H19ClN4O3S/c22-16-7-1-2-8-17(16)29-18-9-4-10-19-20(18)25-21(26-30(19,27)28)24-13-15-6-3-5-14(11-15)12-23/h1-11H,12-13,23H2,(H2,24,25,26). The van der Waals surface area contributed by atoms with Gasteiger partial charge in [0.25, 0.3) is 10.0 Å². The van der Waals surface area contributed by atoms with E-state index < -0.39 is 10.0 Å². The number of halogens is 1. The number of fused-ring (bicyclic) bond motifs is 1. The topological polar surface area (TPSA) is 106 Å². The second kappa shape index (κ2) is 8.35. The van der Waals surface area contributed by atoms with Gasteiger partial charge in [0.05, 0.1) is 11.6 Å². The summed E-state index contributed by atoms with van der Waals surface area (Å²) in [5.74, 6) is 0.849. The number of anilines is 1. The second-order valence-electron chi connectivity index (χ2n) is 6.58. The molecule has 0 bridgehead atoms. The maximum atomic E-state index is 12.7. The lowest BCUT2D eigenvalue weighted by atomic mass is 10.1. The molecule has 1 heterocycles. The fourth-order valence-electron chi connectivity index (χ4n) is 3.01. The Hall–Kier alpha value is -3.07. The Kier molecular flexibility index (Phi) is 5.63. The molecule has 0 aliphatic carbocycles. The average molecular weight is 443 g/mol. The lowest BCUT2D eigenvalue weighted by molar-refractivity contribution is 0.483. The normalized spacial score (nSPS) is 15.7. The summed E-state index contributed by atoms with van der Waals surface area (Å²) in [5, 5.41) is 3.44. The maximum absolute atomic E-state index is 12.7. The van der Waals surface area contributed by atoms with Crippen LogP contribution in [0.25, 0.3) is 0 Å². The highest BCUT2D eigenvalue weighted by Gasteiger charge is 2.29. The molecule has 0 saturated heterocycles. The highest BCUT2D eigenvalue weighted by Crippen LogP contribution is 2.38. The Labute approximate surface area is 179 Å². The average Bonchev–Trinajstić information content (AvgIpc) is 2.74. The molecule has 4 rings (SSSR count). The molecule has 0 atom stereocenters. The number of benzene rings is 3. The molecule has 30 heavy (non-hydrogen) atoms. The molecule has 0 unspecified atom stereocenters. The maximum Gasteiger partial charge on any atom is 0.266 e. The number of guanidine groups is 1. The smallest absolute Gasteiger partial charge is 0.266 e. The SMILES string of the molecule is NCc1cccc(CN=C2Nc3c(Oc4ccccc4Cl)cccc3S(=O)(=O)N2)c1. The van der Waals surface area contributed by atoms with Gasteiger partial charge in [-0.2, -0.15) is 0 Å². The molecular formula is C21H19ClN4O3S. The molecule has 0 fully saturated rings. The Morgan fingerprint density at radius 3 is 2.50 bits per heavy atom. The third-order valence-corrected chi connectivity index (χ3v) is 6.15. The van der Waals surface area contributed by atoms with Crippen LogP contribution in [-0.2, 0) is 23.1 Å². The van der Waals surface area contributed by atoms with E-state index in [-0.39, 0.29) is 17.4 Å². The third kappa shape index (κ3) is 4.25. The van der Waals surface area contributed by atoms with Gasteiger partial charge in [-0.25, -0.2) is 18.1 Å². The number of aliphatic imine (C=N–C) groups is 1. The molecular weight excluding hydrogens is 424 g/mol. The first kappa shape index (κ1) is 20.2. The number of rotatable bonds is 5. The van der Waals surface area contributed by atoms with Crippen molar-refractivity contribution in [1.82, 2.24) is 4.72 Å². The number of nitrogens with zero attached hydrogens (tertiary/aromatic N) is 1.